The van der Waals surface area contributed by atoms with Crippen molar-refractivity contribution in [3.8, 4) is 0 Å². The van der Waals surface area contributed by atoms with Crippen LogP contribution in [0.1, 0.15) is 33.1 Å². The van der Waals surface area contributed by atoms with E-state index in [1.54, 1.807) is 0 Å². The highest BCUT2D eigenvalue weighted by molar-refractivity contribution is 4.80. The van der Waals surface area contributed by atoms with Gasteiger partial charge in [0.1, 0.15) is 0 Å². The Labute approximate surface area is 106 Å². The van der Waals surface area contributed by atoms with Crippen LogP contribution in [0.15, 0.2) is 0 Å². The van der Waals surface area contributed by atoms with E-state index in [2.05, 4.69) is 24.1 Å². The second-order valence-electron chi connectivity index (χ2n) is 6.14. The summed E-state index contributed by atoms with van der Waals surface area (Å²) >= 11 is 0. The summed E-state index contributed by atoms with van der Waals surface area (Å²) in [5.74, 6) is 1.54. The average molecular weight is 240 g/mol. The van der Waals surface area contributed by atoms with E-state index in [0.717, 1.165) is 31.1 Å². The van der Waals surface area contributed by atoms with E-state index >= 15 is 0 Å². The van der Waals surface area contributed by atoms with Crippen molar-refractivity contribution in [2.45, 2.75) is 39.2 Å². The molecule has 0 aliphatic carbocycles. The third-order valence-corrected chi connectivity index (χ3v) is 3.80. The van der Waals surface area contributed by atoms with Gasteiger partial charge < -0.3 is 15.0 Å². The highest BCUT2D eigenvalue weighted by atomic mass is 16.5. The van der Waals surface area contributed by atoms with Crippen molar-refractivity contribution in [3.05, 3.63) is 0 Å². The first-order valence-electron chi connectivity index (χ1n) is 7.27. The van der Waals surface area contributed by atoms with Gasteiger partial charge in [-0.15, -0.1) is 0 Å². The molecule has 3 heteroatoms. The lowest BCUT2D eigenvalue weighted by atomic mass is 10.1. The molecule has 2 unspecified atom stereocenters. The highest BCUT2D eigenvalue weighted by Gasteiger charge is 2.23. The Hall–Kier alpha value is -0.120. The second kappa shape index (κ2) is 6.72. The largest absolute Gasteiger partial charge is 0.381 e. The first kappa shape index (κ1) is 13.3. The Morgan fingerprint density at radius 2 is 2.18 bits per heavy atom. The molecule has 0 amide bonds. The summed E-state index contributed by atoms with van der Waals surface area (Å²) in [6, 6.07) is 0.732. The SMILES string of the molecule is CC(C)CN(CC1CCOC1)CC1CCCN1. The van der Waals surface area contributed by atoms with Gasteiger partial charge in [0, 0.05) is 32.3 Å². The van der Waals surface area contributed by atoms with Crippen LogP contribution in [0.4, 0.5) is 0 Å². The maximum Gasteiger partial charge on any atom is 0.0507 e. The molecule has 0 aromatic carbocycles. The standard InChI is InChI=1S/C14H28N2O/c1-12(2)8-16(9-13-5-7-17-11-13)10-14-4-3-6-15-14/h12-15H,3-11H2,1-2H3. The first-order valence-corrected chi connectivity index (χ1v) is 7.27. The van der Waals surface area contributed by atoms with E-state index in [-0.39, 0.29) is 0 Å². The predicted molar refractivity (Wildman–Crippen MR) is 71.2 cm³/mol. The molecule has 2 fully saturated rings. The lowest BCUT2D eigenvalue weighted by Gasteiger charge is -2.29. The van der Waals surface area contributed by atoms with Gasteiger partial charge in [0.25, 0.3) is 0 Å². The maximum absolute atomic E-state index is 5.49. The zero-order chi connectivity index (χ0) is 12.1. The van der Waals surface area contributed by atoms with E-state index in [4.69, 9.17) is 4.74 Å². The molecule has 17 heavy (non-hydrogen) atoms. The fraction of sp³-hybridized carbons (Fsp3) is 1.00. The van der Waals surface area contributed by atoms with E-state index in [0.29, 0.717) is 0 Å². The Morgan fingerprint density at radius 3 is 2.76 bits per heavy atom. The molecule has 1 N–H and O–H groups in total. The van der Waals surface area contributed by atoms with Crippen molar-refractivity contribution in [1.82, 2.24) is 10.2 Å². The molecule has 3 nitrogen and oxygen atoms in total. The third-order valence-electron chi connectivity index (χ3n) is 3.80. The lowest BCUT2D eigenvalue weighted by molar-refractivity contribution is 0.156. The monoisotopic (exact) mass is 240 g/mol. The zero-order valence-electron chi connectivity index (χ0n) is 11.5. The van der Waals surface area contributed by atoms with Crippen LogP contribution in [0.2, 0.25) is 0 Å². The molecule has 0 saturated carbocycles. The summed E-state index contributed by atoms with van der Waals surface area (Å²) in [7, 11) is 0. The van der Waals surface area contributed by atoms with Crippen LogP contribution in [-0.2, 0) is 4.74 Å². The number of nitrogens with zero attached hydrogens (tertiary/aromatic N) is 1. The molecule has 2 atom stereocenters. The van der Waals surface area contributed by atoms with Gasteiger partial charge in [-0.2, -0.15) is 0 Å². The van der Waals surface area contributed by atoms with Crippen molar-refractivity contribution in [3.63, 3.8) is 0 Å². The number of nitrogens with one attached hydrogen (secondary N) is 1. The van der Waals surface area contributed by atoms with Crippen LogP contribution < -0.4 is 5.32 Å². The van der Waals surface area contributed by atoms with Crippen molar-refractivity contribution in [2.24, 2.45) is 11.8 Å². The molecule has 2 rings (SSSR count). The molecule has 0 aromatic heterocycles. The molecule has 2 aliphatic heterocycles. The van der Waals surface area contributed by atoms with Crippen LogP contribution in [-0.4, -0.2) is 50.3 Å². The number of ether oxygens (including phenoxy) is 1. The smallest absolute Gasteiger partial charge is 0.0507 e. The average Bonchev–Trinajstić information content (AvgIpc) is 2.89. The highest BCUT2D eigenvalue weighted by Crippen LogP contribution is 2.16. The number of hydrogen-bond donors (Lipinski definition) is 1. The summed E-state index contributed by atoms with van der Waals surface area (Å²) in [5.41, 5.74) is 0. The molecular formula is C14H28N2O. The predicted octanol–water partition coefficient (Wildman–Crippen LogP) is 1.73. The first-order chi connectivity index (χ1) is 8.24. The summed E-state index contributed by atoms with van der Waals surface area (Å²) in [4.78, 5) is 2.66. The van der Waals surface area contributed by atoms with Crippen molar-refractivity contribution >= 4 is 0 Å². The minimum absolute atomic E-state index is 0.732. The minimum Gasteiger partial charge on any atom is -0.381 e. The fourth-order valence-electron chi connectivity index (χ4n) is 3.06. The van der Waals surface area contributed by atoms with Gasteiger partial charge in [0.05, 0.1) is 6.61 Å². The summed E-state index contributed by atoms with van der Waals surface area (Å²) in [6.45, 7) is 11.5. The minimum atomic E-state index is 0.732. The lowest BCUT2D eigenvalue weighted by Crippen LogP contribution is -2.41. The van der Waals surface area contributed by atoms with Crippen LogP contribution in [0, 0.1) is 11.8 Å². The van der Waals surface area contributed by atoms with Gasteiger partial charge in [0.2, 0.25) is 0 Å². The Bertz CT molecular complexity index is 190. The normalized spacial score (nSPS) is 29.6. The quantitative estimate of drug-likeness (QED) is 0.765. The number of rotatable bonds is 6. The molecule has 2 heterocycles. The molecule has 0 spiro atoms. The molecule has 2 saturated heterocycles. The van der Waals surface area contributed by atoms with Gasteiger partial charge in [-0.3, -0.25) is 0 Å². The molecule has 0 aromatic rings. The molecule has 0 radical (unpaired) electrons. The molecule has 2 aliphatic rings. The van der Waals surface area contributed by atoms with Crippen LogP contribution in [0.3, 0.4) is 0 Å². The van der Waals surface area contributed by atoms with Crippen molar-refractivity contribution < 1.29 is 4.74 Å². The van der Waals surface area contributed by atoms with E-state index in [9.17, 15) is 0 Å². The summed E-state index contributed by atoms with van der Waals surface area (Å²) in [5, 5.41) is 3.61. The van der Waals surface area contributed by atoms with Crippen LogP contribution in [0.25, 0.3) is 0 Å². The zero-order valence-corrected chi connectivity index (χ0v) is 11.5. The van der Waals surface area contributed by atoms with E-state index in [1.807, 2.05) is 0 Å². The molecule has 0 bridgehead atoms. The second-order valence-corrected chi connectivity index (χ2v) is 6.14. The Balaban J connectivity index is 1.78. The number of hydrogen-bond acceptors (Lipinski definition) is 3. The maximum atomic E-state index is 5.49. The summed E-state index contributed by atoms with van der Waals surface area (Å²) < 4.78 is 5.49. The van der Waals surface area contributed by atoms with Crippen molar-refractivity contribution in [1.29, 1.82) is 0 Å². The van der Waals surface area contributed by atoms with Crippen molar-refractivity contribution in [2.75, 3.05) is 39.4 Å². The van der Waals surface area contributed by atoms with Gasteiger partial charge in [0.15, 0.2) is 0 Å². The Kier molecular flexibility index (Phi) is 5.26. The van der Waals surface area contributed by atoms with Crippen LogP contribution in [0.5, 0.6) is 0 Å². The van der Waals surface area contributed by atoms with Gasteiger partial charge >= 0.3 is 0 Å². The van der Waals surface area contributed by atoms with Gasteiger partial charge in [-0.1, -0.05) is 13.8 Å². The Morgan fingerprint density at radius 1 is 1.29 bits per heavy atom. The fourth-order valence-corrected chi connectivity index (χ4v) is 3.06. The summed E-state index contributed by atoms with van der Waals surface area (Å²) in [6.07, 6.45) is 3.97. The van der Waals surface area contributed by atoms with Gasteiger partial charge in [-0.25, -0.2) is 0 Å². The van der Waals surface area contributed by atoms with E-state index < -0.39 is 0 Å². The topological polar surface area (TPSA) is 24.5 Å². The third kappa shape index (κ3) is 4.57. The van der Waals surface area contributed by atoms with E-state index in [1.165, 1.54) is 45.4 Å². The van der Waals surface area contributed by atoms with Crippen LogP contribution >= 0.6 is 0 Å². The molecule has 100 valence electrons. The van der Waals surface area contributed by atoms with Gasteiger partial charge in [-0.05, 0) is 37.6 Å². The molecular weight excluding hydrogens is 212 g/mol.